The van der Waals surface area contributed by atoms with Gasteiger partial charge in [0.25, 0.3) is 0 Å². The van der Waals surface area contributed by atoms with Crippen molar-refractivity contribution in [2.75, 3.05) is 0 Å². The first-order chi connectivity index (χ1) is 7.27. The smallest absolute Gasteiger partial charge is 0.165 e. The molecule has 1 aliphatic rings. The quantitative estimate of drug-likeness (QED) is 0.695. The number of aryl methyl sites for hydroxylation is 2. The maximum atomic E-state index is 11.9. The second-order valence-corrected chi connectivity index (χ2v) is 4.25. The molecule has 15 heavy (non-hydrogen) atoms. The SMILES string of the molecule is Cc1cccc2[nH]c3c(c12)C(=O)CCC3. The number of Topliss-reactive ketones (excluding diaryl/α,β-unsaturated/α-hetero) is 1. The van der Waals surface area contributed by atoms with Crippen molar-refractivity contribution in [2.45, 2.75) is 26.2 Å². The van der Waals surface area contributed by atoms with Crippen LogP contribution in [0.5, 0.6) is 0 Å². The van der Waals surface area contributed by atoms with Gasteiger partial charge in [-0.25, -0.2) is 0 Å². The van der Waals surface area contributed by atoms with Crippen LogP contribution < -0.4 is 0 Å². The topological polar surface area (TPSA) is 32.9 Å². The van der Waals surface area contributed by atoms with E-state index < -0.39 is 0 Å². The molecule has 2 nitrogen and oxygen atoms in total. The molecule has 0 unspecified atom stereocenters. The zero-order valence-corrected chi connectivity index (χ0v) is 8.76. The second-order valence-electron chi connectivity index (χ2n) is 4.25. The molecule has 1 N–H and O–H groups in total. The van der Waals surface area contributed by atoms with Crippen molar-refractivity contribution in [1.82, 2.24) is 4.98 Å². The molecular weight excluding hydrogens is 186 g/mol. The zero-order chi connectivity index (χ0) is 10.4. The van der Waals surface area contributed by atoms with Crippen LogP contribution >= 0.6 is 0 Å². The number of hydrogen-bond donors (Lipinski definition) is 1. The van der Waals surface area contributed by atoms with Gasteiger partial charge in [0.05, 0.1) is 0 Å². The van der Waals surface area contributed by atoms with Gasteiger partial charge >= 0.3 is 0 Å². The summed E-state index contributed by atoms with van der Waals surface area (Å²) in [4.78, 5) is 15.3. The minimum Gasteiger partial charge on any atom is -0.358 e. The Labute approximate surface area is 88.3 Å². The highest BCUT2D eigenvalue weighted by molar-refractivity contribution is 6.10. The Morgan fingerprint density at radius 2 is 2.13 bits per heavy atom. The third kappa shape index (κ3) is 1.14. The molecule has 1 aliphatic carbocycles. The highest BCUT2D eigenvalue weighted by atomic mass is 16.1. The molecule has 0 fully saturated rings. The summed E-state index contributed by atoms with van der Waals surface area (Å²) in [6, 6.07) is 6.15. The molecule has 76 valence electrons. The minimum absolute atomic E-state index is 0.303. The van der Waals surface area contributed by atoms with E-state index in [9.17, 15) is 4.79 Å². The van der Waals surface area contributed by atoms with Crippen LogP contribution in [0.4, 0.5) is 0 Å². The Kier molecular flexibility index (Phi) is 1.72. The summed E-state index contributed by atoms with van der Waals surface area (Å²) in [6.07, 6.45) is 2.70. The fraction of sp³-hybridized carbons (Fsp3) is 0.308. The van der Waals surface area contributed by atoms with E-state index >= 15 is 0 Å². The van der Waals surface area contributed by atoms with E-state index in [-0.39, 0.29) is 0 Å². The van der Waals surface area contributed by atoms with Crippen molar-refractivity contribution in [3.63, 3.8) is 0 Å². The lowest BCUT2D eigenvalue weighted by molar-refractivity contribution is 0.0974. The van der Waals surface area contributed by atoms with E-state index in [2.05, 4.69) is 18.0 Å². The maximum absolute atomic E-state index is 11.9. The molecule has 0 saturated heterocycles. The molecule has 0 radical (unpaired) electrons. The maximum Gasteiger partial charge on any atom is 0.165 e. The Hall–Kier alpha value is -1.57. The lowest BCUT2D eigenvalue weighted by Crippen LogP contribution is -2.09. The third-order valence-electron chi connectivity index (χ3n) is 3.22. The lowest BCUT2D eigenvalue weighted by atomic mass is 9.93. The van der Waals surface area contributed by atoms with Gasteiger partial charge in [0.2, 0.25) is 0 Å². The number of ketones is 1. The fourth-order valence-electron chi connectivity index (χ4n) is 2.53. The molecule has 0 spiro atoms. The summed E-state index contributed by atoms with van der Waals surface area (Å²) < 4.78 is 0. The molecule has 2 aromatic rings. The van der Waals surface area contributed by atoms with Crippen LogP contribution in [0.25, 0.3) is 10.9 Å². The van der Waals surface area contributed by atoms with Crippen LogP contribution in [0.1, 0.15) is 34.5 Å². The summed E-state index contributed by atoms with van der Waals surface area (Å²) >= 11 is 0. The molecule has 0 saturated carbocycles. The van der Waals surface area contributed by atoms with Gasteiger partial charge < -0.3 is 4.98 Å². The summed E-state index contributed by atoms with van der Waals surface area (Å²) in [5, 5.41) is 1.14. The predicted molar refractivity (Wildman–Crippen MR) is 60.3 cm³/mol. The minimum atomic E-state index is 0.303. The first-order valence-electron chi connectivity index (χ1n) is 5.41. The van der Waals surface area contributed by atoms with E-state index in [1.807, 2.05) is 12.1 Å². The zero-order valence-electron chi connectivity index (χ0n) is 8.76. The molecule has 1 heterocycles. The summed E-state index contributed by atoms with van der Waals surface area (Å²) in [5.41, 5.74) is 4.39. The standard InChI is InChI=1S/C13H13NO/c1-8-4-2-5-9-12(8)13-10(14-9)6-3-7-11(13)15/h2,4-5,14H,3,6-7H2,1H3. The van der Waals surface area contributed by atoms with E-state index in [0.29, 0.717) is 12.2 Å². The number of fused-ring (bicyclic) bond motifs is 3. The number of hydrogen-bond acceptors (Lipinski definition) is 1. The van der Waals surface area contributed by atoms with Crippen molar-refractivity contribution < 1.29 is 4.79 Å². The number of nitrogens with one attached hydrogen (secondary N) is 1. The summed E-state index contributed by atoms with van der Waals surface area (Å²) in [6.45, 7) is 2.07. The highest BCUT2D eigenvalue weighted by Gasteiger charge is 2.22. The van der Waals surface area contributed by atoms with Crippen LogP contribution in [0.15, 0.2) is 18.2 Å². The van der Waals surface area contributed by atoms with Crippen LogP contribution in [0.3, 0.4) is 0 Å². The van der Waals surface area contributed by atoms with Crippen molar-refractivity contribution in [2.24, 2.45) is 0 Å². The first-order valence-corrected chi connectivity index (χ1v) is 5.41. The largest absolute Gasteiger partial charge is 0.358 e. The van der Waals surface area contributed by atoms with Gasteiger partial charge in [-0.15, -0.1) is 0 Å². The van der Waals surface area contributed by atoms with Crippen LogP contribution in [-0.2, 0) is 6.42 Å². The van der Waals surface area contributed by atoms with Crippen molar-refractivity contribution in [1.29, 1.82) is 0 Å². The number of aromatic nitrogens is 1. The number of rotatable bonds is 0. The average Bonchev–Trinajstić information content (AvgIpc) is 2.58. The highest BCUT2D eigenvalue weighted by Crippen LogP contribution is 2.30. The number of carbonyl (C=O) groups excluding carboxylic acids is 1. The van der Waals surface area contributed by atoms with Crippen molar-refractivity contribution >= 4 is 16.7 Å². The van der Waals surface area contributed by atoms with E-state index in [0.717, 1.165) is 35.0 Å². The van der Waals surface area contributed by atoms with Gasteiger partial charge in [-0.05, 0) is 31.4 Å². The normalized spacial score (nSPS) is 15.7. The third-order valence-corrected chi connectivity index (χ3v) is 3.22. The summed E-state index contributed by atoms with van der Waals surface area (Å²) in [5.74, 6) is 0.303. The number of H-pyrrole nitrogens is 1. The molecule has 0 bridgehead atoms. The van der Waals surface area contributed by atoms with Crippen molar-refractivity contribution in [3.05, 3.63) is 35.0 Å². The second kappa shape index (κ2) is 2.96. The molecule has 0 atom stereocenters. The molecule has 0 aliphatic heterocycles. The fourth-order valence-corrected chi connectivity index (χ4v) is 2.53. The Morgan fingerprint density at radius 1 is 1.27 bits per heavy atom. The van der Waals surface area contributed by atoms with Crippen LogP contribution in [-0.4, -0.2) is 10.8 Å². The molecule has 1 aromatic carbocycles. The Bertz CT molecular complexity index is 551. The van der Waals surface area contributed by atoms with Crippen molar-refractivity contribution in [3.8, 4) is 0 Å². The van der Waals surface area contributed by atoms with Gasteiger partial charge in [-0.3, -0.25) is 4.79 Å². The van der Waals surface area contributed by atoms with Gasteiger partial charge in [0.15, 0.2) is 5.78 Å². The van der Waals surface area contributed by atoms with Crippen LogP contribution in [0.2, 0.25) is 0 Å². The molecular formula is C13H13NO. The Balaban J connectivity index is 2.44. The first kappa shape index (κ1) is 8.72. The average molecular weight is 199 g/mol. The number of benzene rings is 1. The van der Waals surface area contributed by atoms with E-state index in [4.69, 9.17) is 0 Å². The van der Waals surface area contributed by atoms with Gasteiger partial charge in [-0.2, -0.15) is 0 Å². The van der Waals surface area contributed by atoms with Gasteiger partial charge in [0.1, 0.15) is 0 Å². The van der Waals surface area contributed by atoms with Gasteiger partial charge in [0, 0.05) is 28.6 Å². The van der Waals surface area contributed by atoms with Gasteiger partial charge in [-0.1, -0.05) is 12.1 Å². The number of aromatic amines is 1. The Morgan fingerprint density at radius 3 is 3.00 bits per heavy atom. The van der Waals surface area contributed by atoms with E-state index in [1.165, 1.54) is 5.56 Å². The lowest BCUT2D eigenvalue weighted by Gasteiger charge is -2.10. The predicted octanol–water partition coefficient (Wildman–Crippen LogP) is 3.00. The molecule has 1 aromatic heterocycles. The van der Waals surface area contributed by atoms with E-state index in [1.54, 1.807) is 0 Å². The summed E-state index contributed by atoms with van der Waals surface area (Å²) in [7, 11) is 0. The molecule has 0 amide bonds. The molecule has 3 rings (SSSR count). The monoisotopic (exact) mass is 199 g/mol. The van der Waals surface area contributed by atoms with Crippen LogP contribution in [0, 0.1) is 6.92 Å². The number of carbonyl (C=O) groups is 1. The molecule has 2 heteroatoms.